The van der Waals surface area contributed by atoms with Gasteiger partial charge in [0.25, 0.3) is 0 Å². The van der Waals surface area contributed by atoms with Gasteiger partial charge < -0.3 is 14.7 Å². The molecule has 1 amide bonds. The summed E-state index contributed by atoms with van der Waals surface area (Å²) in [6.45, 7) is 9.98. The van der Waals surface area contributed by atoms with Gasteiger partial charge in [-0.1, -0.05) is 6.07 Å². The summed E-state index contributed by atoms with van der Waals surface area (Å²) in [4.78, 5) is 16.4. The number of rotatable bonds is 3. The van der Waals surface area contributed by atoms with E-state index >= 15 is 0 Å². The van der Waals surface area contributed by atoms with Crippen LogP contribution in [-0.2, 0) is 14.6 Å². The molecule has 1 atom stereocenters. The first-order valence-electron chi connectivity index (χ1n) is 8.95. The topological polar surface area (TPSA) is 87.2 Å². The van der Waals surface area contributed by atoms with Crippen LogP contribution in [0.4, 0.5) is 10.5 Å². The van der Waals surface area contributed by atoms with Crippen LogP contribution in [0.5, 0.6) is 0 Å². The van der Waals surface area contributed by atoms with E-state index in [2.05, 4.69) is 0 Å². The summed E-state index contributed by atoms with van der Waals surface area (Å²) in [6, 6.07) is 6.22. The van der Waals surface area contributed by atoms with Crippen LogP contribution >= 0.6 is 0 Å². The average Bonchev–Trinajstić information content (AvgIpc) is 2.51. The maximum absolute atomic E-state index is 12.6. The maximum Gasteiger partial charge on any atom is 0.410 e. The van der Waals surface area contributed by atoms with Gasteiger partial charge >= 0.3 is 6.09 Å². The Morgan fingerprint density at radius 2 is 1.81 bits per heavy atom. The Morgan fingerprint density at radius 1 is 1.19 bits per heavy atom. The summed E-state index contributed by atoms with van der Waals surface area (Å²) in [6.07, 6.45) is 0.714. The largest absolute Gasteiger partial charge is 0.444 e. The molecule has 2 rings (SSSR count). The predicted octanol–water partition coefficient (Wildman–Crippen LogP) is 2.29. The normalized spacial score (nSPS) is 19.1. The number of benzene rings is 1. The van der Waals surface area contributed by atoms with Crippen molar-refractivity contribution in [2.24, 2.45) is 0 Å². The third-order valence-electron chi connectivity index (χ3n) is 4.43. The summed E-state index contributed by atoms with van der Waals surface area (Å²) in [7, 11) is -3.31. The molecular weight excluding hydrogens is 368 g/mol. The van der Waals surface area contributed by atoms with E-state index in [4.69, 9.17) is 4.74 Å². The number of hydrogen-bond donors (Lipinski definition) is 1. The minimum Gasteiger partial charge on any atom is -0.444 e. The van der Waals surface area contributed by atoms with Crippen molar-refractivity contribution in [3.63, 3.8) is 0 Å². The zero-order valence-corrected chi connectivity index (χ0v) is 17.7. The lowest BCUT2D eigenvalue weighted by atomic mass is 9.94. The zero-order chi connectivity index (χ0) is 20.6. The minimum absolute atomic E-state index is 0.245. The lowest BCUT2D eigenvalue weighted by Crippen LogP contribution is -2.63. The first-order chi connectivity index (χ1) is 12.2. The number of carbonyl (C=O) groups excluding carboxylic acids is 1. The first-order valence-corrected chi connectivity index (χ1v) is 10.8. The summed E-state index contributed by atoms with van der Waals surface area (Å²) in [5.74, 6) is 0. The number of piperazine rings is 1. The van der Waals surface area contributed by atoms with Gasteiger partial charge in [-0.3, -0.25) is 4.90 Å². The van der Waals surface area contributed by atoms with Gasteiger partial charge in [-0.2, -0.15) is 0 Å². The predicted molar refractivity (Wildman–Crippen MR) is 105 cm³/mol. The second kappa shape index (κ2) is 7.31. The number of aliphatic hydroxyl groups is 1. The fraction of sp³-hybridized carbons (Fsp3) is 0.632. The van der Waals surface area contributed by atoms with Crippen molar-refractivity contribution >= 4 is 21.6 Å². The van der Waals surface area contributed by atoms with Gasteiger partial charge in [0.2, 0.25) is 0 Å². The molecule has 1 N–H and O–H groups in total. The van der Waals surface area contributed by atoms with Gasteiger partial charge in [0.1, 0.15) is 5.60 Å². The highest BCUT2D eigenvalue weighted by molar-refractivity contribution is 7.90. The van der Waals surface area contributed by atoms with Crippen LogP contribution in [0.3, 0.4) is 0 Å². The van der Waals surface area contributed by atoms with E-state index in [1.165, 1.54) is 6.26 Å². The molecule has 1 aliphatic heterocycles. The third-order valence-corrected chi connectivity index (χ3v) is 5.54. The van der Waals surface area contributed by atoms with E-state index < -0.39 is 33.2 Å². The van der Waals surface area contributed by atoms with Gasteiger partial charge in [0, 0.05) is 31.6 Å². The lowest BCUT2D eigenvalue weighted by molar-refractivity contribution is -0.0406. The molecule has 152 valence electrons. The van der Waals surface area contributed by atoms with Crippen LogP contribution in [0.25, 0.3) is 0 Å². The smallest absolute Gasteiger partial charge is 0.410 e. The Balaban J connectivity index is 2.28. The van der Waals surface area contributed by atoms with Crippen LogP contribution in [-0.4, -0.2) is 67.7 Å². The summed E-state index contributed by atoms with van der Waals surface area (Å²) in [5, 5.41) is 10.6. The van der Waals surface area contributed by atoms with Crippen LogP contribution in [0, 0.1) is 0 Å². The molecule has 1 aromatic carbocycles. The molecular formula is C19H30N2O5S. The lowest BCUT2D eigenvalue weighted by Gasteiger charge is -2.47. The van der Waals surface area contributed by atoms with Gasteiger partial charge in [-0.25, -0.2) is 13.2 Å². The molecule has 0 aromatic heterocycles. The Labute approximate surface area is 161 Å². The molecule has 0 bridgehead atoms. The fourth-order valence-corrected chi connectivity index (χ4v) is 3.73. The van der Waals surface area contributed by atoms with E-state index in [0.29, 0.717) is 19.6 Å². The highest BCUT2D eigenvalue weighted by atomic mass is 32.2. The minimum atomic E-state index is -3.31. The molecule has 27 heavy (non-hydrogen) atoms. The van der Waals surface area contributed by atoms with E-state index in [-0.39, 0.29) is 4.90 Å². The number of carbonyl (C=O) groups is 1. The number of amides is 1. The van der Waals surface area contributed by atoms with Crippen molar-refractivity contribution in [2.75, 3.05) is 30.8 Å². The number of nitrogens with zero attached hydrogens (tertiary/aromatic N) is 2. The number of sulfone groups is 1. The van der Waals surface area contributed by atoms with E-state index in [0.717, 1.165) is 5.69 Å². The van der Waals surface area contributed by atoms with E-state index in [9.17, 15) is 18.3 Å². The number of anilines is 1. The Kier molecular flexibility index (Phi) is 5.82. The highest BCUT2D eigenvalue weighted by Gasteiger charge is 2.41. The zero-order valence-electron chi connectivity index (χ0n) is 16.9. The van der Waals surface area contributed by atoms with E-state index in [1.807, 2.05) is 11.0 Å². The van der Waals surface area contributed by atoms with Crippen molar-refractivity contribution in [2.45, 2.75) is 56.8 Å². The van der Waals surface area contributed by atoms with Gasteiger partial charge in [0.05, 0.1) is 16.5 Å². The molecule has 1 heterocycles. The molecule has 0 saturated carbocycles. The fourth-order valence-electron chi connectivity index (χ4n) is 3.07. The molecule has 1 fully saturated rings. The van der Waals surface area contributed by atoms with E-state index in [1.54, 1.807) is 57.7 Å². The number of ether oxygens (including phenoxy) is 1. The highest BCUT2D eigenvalue weighted by Crippen LogP contribution is 2.27. The SMILES string of the molecule is CC(C)(C)OC(=O)N1CCN(c2cccc(S(C)(=O)=O)c2)CC1C(C)(C)O. The van der Waals surface area contributed by atoms with Crippen LogP contribution in [0.1, 0.15) is 34.6 Å². The van der Waals surface area contributed by atoms with Crippen molar-refractivity contribution in [3.8, 4) is 0 Å². The molecule has 1 aromatic rings. The van der Waals surface area contributed by atoms with Crippen LogP contribution < -0.4 is 4.90 Å². The standard InChI is InChI=1S/C19H30N2O5S/c1-18(2,3)26-17(22)21-11-10-20(13-16(21)19(4,5)23)14-8-7-9-15(12-14)27(6,24)25/h7-9,12,16,23H,10-11,13H2,1-6H3. The van der Waals surface area contributed by atoms with Gasteiger partial charge in [-0.05, 0) is 52.8 Å². The van der Waals surface area contributed by atoms with Crippen LogP contribution in [0.15, 0.2) is 29.2 Å². The van der Waals surface area contributed by atoms with Crippen molar-refractivity contribution < 1.29 is 23.1 Å². The summed E-state index contributed by atoms with van der Waals surface area (Å²) in [5.41, 5.74) is -1.03. The number of hydrogen-bond acceptors (Lipinski definition) is 6. The molecule has 0 spiro atoms. The molecule has 1 saturated heterocycles. The van der Waals surface area contributed by atoms with Gasteiger partial charge in [-0.15, -0.1) is 0 Å². The average molecular weight is 399 g/mol. The van der Waals surface area contributed by atoms with Crippen molar-refractivity contribution in [3.05, 3.63) is 24.3 Å². The second-order valence-electron chi connectivity index (χ2n) is 8.56. The van der Waals surface area contributed by atoms with Crippen molar-refractivity contribution in [1.29, 1.82) is 0 Å². The molecule has 1 unspecified atom stereocenters. The summed E-state index contributed by atoms with van der Waals surface area (Å²) < 4.78 is 29.2. The van der Waals surface area contributed by atoms with Crippen molar-refractivity contribution in [1.82, 2.24) is 4.90 Å². The Hall–Kier alpha value is -1.80. The monoisotopic (exact) mass is 398 g/mol. The Morgan fingerprint density at radius 3 is 2.33 bits per heavy atom. The van der Waals surface area contributed by atoms with Crippen LogP contribution in [0.2, 0.25) is 0 Å². The summed E-state index contributed by atoms with van der Waals surface area (Å²) >= 11 is 0. The molecule has 7 nitrogen and oxygen atoms in total. The Bertz CT molecular complexity index is 793. The van der Waals surface area contributed by atoms with Gasteiger partial charge in [0.15, 0.2) is 9.84 Å². The first kappa shape index (κ1) is 21.5. The molecule has 8 heteroatoms. The molecule has 0 aliphatic carbocycles. The molecule has 1 aliphatic rings. The maximum atomic E-state index is 12.6. The second-order valence-corrected chi connectivity index (χ2v) is 10.6. The molecule has 0 radical (unpaired) electrons. The third kappa shape index (κ3) is 5.59. The quantitative estimate of drug-likeness (QED) is 0.841.